The summed E-state index contributed by atoms with van der Waals surface area (Å²) in [6, 6.07) is 10.9. The van der Waals surface area contributed by atoms with Gasteiger partial charge in [0.1, 0.15) is 0 Å². The van der Waals surface area contributed by atoms with Crippen LogP contribution in [0, 0.1) is 5.92 Å². The van der Waals surface area contributed by atoms with Gasteiger partial charge in [-0.2, -0.15) is 0 Å². The third-order valence-corrected chi connectivity index (χ3v) is 5.63. The maximum Gasteiger partial charge on any atom is 0.220 e. The lowest BCUT2D eigenvalue weighted by Crippen LogP contribution is -2.48. The molecule has 1 aliphatic carbocycles. The number of carbonyl (C=O) groups excluding carboxylic acids is 1. The molecule has 3 N–H and O–H groups in total. The van der Waals surface area contributed by atoms with Crippen molar-refractivity contribution in [2.45, 2.75) is 38.3 Å². The van der Waals surface area contributed by atoms with E-state index in [1.54, 1.807) is 0 Å². The summed E-state index contributed by atoms with van der Waals surface area (Å²) in [5.74, 6) is 0.562. The molecule has 5 nitrogen and oxygen atoms in total. The van der Waals surface area contributed by atoms with Crippen LogP contribution in [0.1, 0.15) is 31.2 Å². The summed E-state index contributed by atoms with van der Waals surface area (Å²) in [5.41, 5.74) is 7.43. The van der Waals surface area contributed by atoms with Crippen LogP contribution in [-0.2, 0) is 11.3 Å². The Labute approximate surface area is 188 Å². The van der Waals surface area contributed by atoms with E-state index in [4.69, 9.17) is 5.73 Å². The van der Waals surface area contributed by atoms with Crippen molar-refractivity contribution in [2.75, 3.05) is 39.3 Å². The van der Waals surface area contributed by atoms with Gasteiger partial charge in [-0.15, -0.1) is 37.2 Å². The third-order valence-electron chi connectivity index (χ3n) is 5.63. The first kappa shape index (κ1) is 27.4. The number of piperazine rings is 1. The van der Waals surface area contributed by atoms with E-state index < -0.39 is 0 Å². The monoisotopic (exact) mass is 452 g/mol. The van der Waals surface area contributed by atoms with Gasteiger partial charge >= 0.3 is 0 Å². The van der Waals surface area contributed by atoms with Gasteiger partial charge in [-0.3, -0.25) is 14.6 Å². The maximum absolute atomic E-state index is 12.0. The summed E-state index contributed by atoms with van der Waals surface area (Å²) in [6.07, 6.45) is 3.96. The smallest absolute Gasteiger partial charge is 0.220 e. The first-order valence-corrected chi connectivity index (χ1v) is 9.71. The minimum absolute atomic E-state index is 0. The van der Waals surface area contributed by atoms with Crippen molar-refractivity contribution in [3.63, 3.8) is 0 Å². The van der Waals surface area contributed by atoms with E-state index in [0.29, 0.717) is 12.3 Å². The second-order valence-electron chi connectivity index (χ2n) is 7.51. The van der Waals surface area contributed by atoms with Gasteiger partial charge in [-0.05, 0) is 24.3 Å². The molecule has 3 rings (SSSR count). The zero-order valence-electron chi connectivity index (χ0n) is 16.4. The molecule has 1 aliphatic heterocycles. The van der Waals surface area contributed by atoms with E-state index in [0.717, 1.165) is 58.7 Å². The molecule has 2 aliphatic rings. The normalized spacial score (nSPS) is 22.5. The molecular formula is C20H35Cl3N4O. The number of amides is 1. The van der Waals surface area contributed by atoms with E-state index >= 15 is 0 Å². The molecule has 1 aromatic carbocycles. The lowest BCUT2D eigenvalue weighted by Gasteiger charge is -2.34. The molecule has 8 heteroatoms. The minimum Gasteiger partial charge on any atom is -0.355 e. The second-order valence-corrected chi connectivity index (χ2v) is 7.51. The molecular weight excluding hydrogens is 419 g/mol. The quantitative estimate of drug-likeness (QED) is 0.666. The highest BCUT2D eigenvalue weighted by Gasteiger charge is 2.26. The second kappa shape index (κ2) is 14.4. The van der Waals surface area contributed by atoms with E-state index in [1.807, 2.05) is 0 Å². The van der Waals surface area contributed by atoms with E-state index in [1.165, 1.54) is 12.0 Å². The molecule has 2 fully saturated rings. The Hall–Kier alpha value is -0.560. The Kier molecular flexibility index (Phi) is 14.1. The fourth-order valence-corrected chi connectivity index (χ4v) is 4.00. The van der Waals surface area contributed by atoms with Crippen LogP contribution in [0.4, 0.5) is 0 Å². The number of carbonyl (C=O) groups is 1. The molecule has 1 heterocycles. The van der Waals surface area contributed by atoms with Crippen molar-refractivity contribution < 1.29 is 4.79 Å². The Morgan fingerprint density at radius 2 is 1.64 bits per heavy atom. The molecule has 1 saturated heterocycles. The Bertz CT molecular complexity index is 542. The number of hydrogen-bond donors (Lipinski definition) is 2. The highest BCUT2D eigenvalue weighted by molar-refractivity contribution is 5.86. The number of hydrogen-bond acceptors (Lipinski definition) is 4. The lowest BCUT2D eigenvalue weighted by molar-refractivity contribution is -0.122. The molecule has 2 atom stereocenters. The first-order chi connectivity index (χ1) is 12.2. The van der Waals surface area contributed by atoms with Crippen molar-refractivity contribution in [1.29, 1.82) is 0 Å². The molecule has 0 unspecified atom stereocenters. The Balaban J connectivity index is 0.00000243. The number of halogens is 3. The number of nitrogens with two attached hydrogens (primary N) is 1. The van der Waals surface area contributed by atoms with E-state index in [9.17, 15) is 4.79 Å². The average Bonchev–Trinajstić information content (AvgIpc) is 3.02. The fourth-order valence-electron chi connectivity index (χ4n) is 4.00. The van der Waals surface area contributed by atoms with Gasteiger partial charge < -0.3 is 11.1 Å². The molecule has 1 amide bonds. The highest BCUT2D eigenvalue weighted by Crippen LogP contribution is 2.26. The summed E-state index contributed by atoms with van der Waals surface area (Å²) in [7, 11) is 0. The highest BCUT2D eigenvalue weighted by atomic mass is 35.5. The molecule has 0 aromatic heterocycles. The molecule has 0 spiro atoms. The van der Waals surface area contributed by atoms with Gasteiger partial charge in [0.2, 0.25) is 5.91 Å². The zero-order valence-corrected chi connectivity index (χ0v) is 18.9. The summed E-state index contributed by atoms with van der Waals surface area (Å²) in [4.78, 5) is 17.0. The standard InChI is InChI=1S/C20H32N4O.3ClH/c21-19-8-4-7-18(19)15-20(25)22-9-10-23-11-13-24(14-12-23)16-17-5-2-1-3-6-17;;;/h1-3,5-6,18-19H,4,7-16,21H2,(H,22,25);3*1H/t18-,19+;;;/m0.../s1. The molecule has 28 heavy (non-hydrogen) atoms. The van der Waals surface area contributed by atoms with Crippen molar-refractivity contribution >= 4 is 43.1 Å². The van der Waals surface area contributed by atoms with Gasteiger partial charge in [-0.25, -0.2) is 0 Å². The summed E-state index contributed by atoms with van der Waals surface area (Å²) in [5, 5.41) is 3.08. The first-order valence-electron chi connectivity index (χ1n) is 9.71. The number of nitrogens with zero attached hydrogens (tertiary/aromatic N) is 2. The van der Waals surface area contributed by atoms with E-state index in [2.05, 4.69) is 45.4 Å². The molecule has 1 aromatic rings. The molecule has 0 bridgehead atoms. The Morgan fingerprint density at radius 1 is 1.00 bits per heavy atom. The lowest BCUT2D eigenvalue weighted by atomic mass is 10.00. The molecule has 162 valence electrons. The van der Waals surface area contributed by atoms with Crippen LogP contribution in [0.25, 0.3) is 0 Å². The van der Waals surface area contributed by atoms with Crippen molar-refractivity contribution in [2.24, 2.45) is 11.7 Å². The van der Waals surface area contributed by atoms with Gasteiger partial charge in [0.25, 0.3) is 0 Å². The van der Waals surface area contributed by atoms with Crippen LogP contribution in [0.2, 0.25) is 0 Å². The summed E-state index contributed by atoms with van der Waals surface area (Å²) >= 11 is 0. The van der Waals surface area contributed by atoms with Crippen molar-refractivity contribution in [3.05, 3.63) is 35.9 Å². The van der Waals surface area contributed by atoms with E-state index in [-0.39, 0.29) is 49.2 Å². The van der Waals surface area contributed by atoms with Crippen LogP contribution in [-0.4, -0.2) is 61.0 Å². The SMILES string of the molecule is Cl.Cl.Cl.N[C@@H]1CCC[C@H]1CC(=O)NCCN1CCN(Cc2ccccc2)CC1. The predicted molar refractivity (Wildman–Crippen MR) is 123 cm³/mol. The minimum atomic E-state index is 0. The number of nitrogens with one attached hydrogen (secondary N) is 1. The predicted octanol–water partition coefficient (Wildman–Crippen LogP) is 2.70. The summed E-state index contributed by atoms with van der Waals surface area (Å²) in [6.45, 7) is 7.08. The van der Waals surface area contributed by atoms with Crippen LogP contribution >= 0.6 is 37.2 Å². The molecule has 1 saturated carbocycles. The number of rotatable bonds is 7. The zero-order chi connectivity index (χ0) is 17.5. The van der Waals surface area contributed by atoms with Crippen molar-refractivity contribution in [1.82, 2.24) is 15.1 Å². The van der Waals surface area contributed by atoms with Crippen LogP contribution < -0.4 is 11.1 Å². The van der Waals surface area contributed by atoms with Crippen LogP contribution in [0.3, 0.4) is 0 Å². The fraction of sp³-hybridized carbons (Fsp3) is 0.650. The van der Waals surface area contributed by atoms with Gasteiger partial charge in [0, 0.05) is 58.3 Å². The van der Waals surface area contributed by atoms with Gasteiger partial charge in [0.05, 0.1) is 0 Å². The summed E-state index contributed by atoms with van der Waals surface area (Å²) < 4.78 is 0. The largest absolute Gasteiger partial charge is 0.355 e. The topological polar surface area (TPSA) is 61.6 Å². The van der Waals surface area contributed by atoms with Crippen molar-refractivity contribution in [3.8, 4) is 0 Å². The third kappa shape index (κ3) is 8.85. The Morgan fingerprint density at radius 3 is 2.25 bits per heavy atom. The van der Waals surface area contributed by atoms with Gasteiger partial charge in [-0.1, -0.05) is 36.8 Å². The average molecular weight is 454 g/mol. The van der Waals surface area contributed by atoms with Crippen LogP contribution in [0.15, 0.2) is 30.3 Å². The maximum atomic E-state index is 12.0. The van der Waals surface area contributed by atoms with Gasteiger partial charge in [0.15, 0.2) is 0 Å². The number of benzene rings is 1. The van der Waals surface area contributed by atoms with Crippen LogP contribution in [0.5, 0.6) is 0 Å². The molecule has 0 radical (unpaired) electrons.